The summed E-state index contributed by atoms with van der Waals surface area (Å²) in [6, 6.07) is 10.2. The lowest BCUT2D eigenvalue weighted by Crippen LogP contribution is -2.35. The highest BCUT2D eigenvalue weighted by Gasteiger charge is 2.34. The zero-order valence-corrected chi connectivity index (χ0v) is 15.2. The highest BCUT2D eigenvalue weighted by molar-refractivity contribution is 5.82. The molecule has 4 nitrogen and oxygen atoms in total. The van der Waals surface area contributed by atoms with Gasteiger partial charge in [0.25, 0.3) is 0 Å². The Morgan fingerprint density at radius 2 is 1.84 bits per heavy atom. The first-order chi connectivity index (χ1) is 12.1. The molecule has 1 heterocycles. The number of likely N-dealkylation sites (N-methyl/N-ethyl adjacent to an activating group) is 1. The van der Waals surface area contributed by atoms with Gasteiger partial charge >= 0.3 is 0 Å². The number of rotatable bonds is 2. The van der Waals surface area contributed by atoms with Crippen LogP contribution in [0.15, 0.2) is 30.3 Å². The Labute approximate surface area is 149 Å². The number of hydrogen-bond donors (Lipinski definition) is 2. The molecule has 1 aliphatic carbocycles. The molecular weight excluding hydrogens is 314 g/mol. The van der Waals surface area contributed by atoms with Crippen molar-refractivity contribution in [2.75, 3.05) is 26.8 Å². The summed E-state index contributed by atoms with van der Waals surface area (Å²) in [5.74, 6) is -0.0217. The van der Waals surface area contributed by atoms with Crippen LogP contribution < -0.4 is 0 Å². The van der Waals surface area contributed by atoms with Crippen LogP contribution in [0, 0.1) is 0 Å². The van der Waals surface area contributed by atoms with Crippen molar-refractivity contribution in [3.8, 4) is 22.6 Å². The van der Waals surface area contributed by atoms with Crippen molar-refractivity contribution < 1.29 is 14.9 Å². The van der Waals surface area contributed by atoms with Gasteiger partial charge in [-0.2, -0.15) is 0 Å². The maximum absolute atomic E-state index is 10.3. The fraction of sp³-hybridized carbons (Fsp3) is 0.429. The molecule has 25 heavy (non-hydrogen) atoms. The average molecular weight is 341 g/mol. The predicted octanol–water partition coefficient (Wildman–Crippen LogP) is 3.89. The fourth-order valence-corrected chi connectivity index (χ4v) is 3.88. The third-order valence-corrected chi connectivity index (χ3v) is 5.13. The second-order valence-electron chi connectivity index (χ2n) is 6.58. The van der Waals surface area contributed by atoms with Crippen molar-refractivity contribution in [3.05, 3.63) is 47.0 Å². The fourth-order valence-electron chi connectivity index (χ4n) is 3.88. The third-order valence-electron chi connectivity index (χ3n) is 5.13. The number of nitrogens with zero attached hydrogens (tertiary/aromatic N) is 1. The number of benzene rings is 2. The molecule has 1 atom stereocenters. The van der Waals surface area contributed by atoms with Crippen molar-refractivity contribution in [2.24, 2.45) is 0 Å². The van der Waals surface area contributed by atoms with Crippen LogP contribution in [0.4, 0.5) is 0 Å². The zero-order valence-electron chi connectivity index (χ0n) is 15.2. The second-order valence-corrected chi connectivity index (χ2v) is 6.58. The maximum Gasteiger partial charge on any atom is 0.165 e. The van der Waals surface area contributed by atoms with Gasteiger partial charge in [0.15, 0.2) is 11.5 Å². The van der Waals surface area contributed by atoms with E-state index < -0.39 is 0 Å². The van der Waals surface area contributed by atoms with Crippen LogP contribution in [0.5, 0.6) is 11.5 Å². The third kappa shape index (κ3) is 3.24. The molecule has 0 fully saturated rings. The Morgan fingerprint density at radius 1 is 1.08 bits per heavy atom. The standard InChI is InChI=1S/C17H17NO2.C4H10O/c1-18-8-7-10-3-2-4-12-15(10)13(18)9-11-5-6-14(19)17(20)16(11)12;1-3-5-4-2/h2-6,13,19-20H,7-9H2,1H3;3-4H2,1-2H3/t13-;/m1./s1. The summed E-state index contributed by atoms with van der Waals surface area (Å²) in [5.41, 5.74) is 5.71. The summed E-state index contributed by atoms with van der Waals surface area (Å²) >= 11 is 0. The molecular formula is C21H27NO3. The van der Waals surface area contributed by atoms with Crippen LogP contribution in [0.25, 0.3) is 11.1 Å². The van der Waals surface area contributed by atoms with E-state index in [2.05, 4.69) is 30.1 Å². The van der Waals surface area contributed by atoms with Gasteiger partial charge in [-0.25, -0.2) is 0 Å². The smallest absolute Gasteiger partial charge is 0.165 e. The Kier molecular flexibility index (Phi) is 5.30. The number of hydrogen-bond acceptors (Lipinski definition) is 4. The molecule has 2 aromatic carbocycles. The maximum atomic E-state index is 10.3. The van der Waals surface area contributed by atoms with E-state index >= 15 is 0 Å². The van der Waals surface area contributed by atoms with Gasteiger partial charge in [0.2, 0.25) is 0 Å². The average Bonchev–Trinajstić information content (AvgIpc) is 2.62. The summed E-state index contributed by atoms with van der Waals surface area (Å²) in [6.07, 6.45) is 1.94. The highest BCUT2D eigenvalue weighted by atomic mass is 16.5. The van der Waals surface area contributed by atoms with E-state index in [0.29, 0.717) is 6.04 Å². The lowest BCUT2D eigenvalue weighted by atomic mass is 9.77. The molecule has 4 heteroatoms. The molecule has 2 N–H and O–H groups in total. The van der Waals surface area contributed by atoms with Gasteiger partial charge in [0.1, 0.15) is 0 Å². The summed E-state index contributed by atoms with van der Waals surface area (Å²) < 4.78 is 4.83. The van der Waals surface area contributed by atoms with E-state index in [1.807, 2.05) is 19.9 Å². The number of aromatic hydroxyl groups is 2. The summed E-state index contributed by atoms with van der Waals surface area (Å²) in [5, 5.41) is 20.1. The first-order valence-electron chi connectivity index (χ1n) is 9.02. The van der Waals surface area contributed by atoms with Crippen molar-refractivity contribution in [1.82, 2.24) is 4.90 Å². The van der Waals surface area contributed by atoms with Gasteiger partial charge in [-0.3, -0.25) is 4.90 Å². The number of fused-ring (bicyclic) bond motifs is 2. The summed E-state index contributed by atoms with van der Waals surface area (Å²) in [4.78, 5) is 2.39. The lowest BCUT2D eigenvalue weighted by molar-refractivity contribution is 0.162. The van der Waals surface area contributed by atoms with Crippen LogP contribution in [-0.4, -0.2) is 41.9 Å². The van der Waals surface area contributed by atoms with Gasteiger partial charge in [-0.15, -0.1) is 0 Å². The summed E-state index contributed by atoms with van der Waals surface area (Å²) in [6.45, 7) is 6.74. The predicted molar refractivity (Wildman–Crippen MR) is 100 cm³/mol. The molecule has 0 saturated heterocycles. The molecule has 0 amide bonds. The Balaban J connectivity index is 0.000000324. The first kappa shape index (κ1) is 17.8. The molecule has 0 saturated carbocycles. The van der Waals surface area contributed by atoms with Crippen LogP contribution in [0.3, 0.4) is 0 Å². The topological polar surface area (TPSA) is 52.9 Å². The summed E-state index contributed by atoms with van der Waals surface area (Å²) in [7, 11) is 2.16. The van der Waals surface area contributed by atoms with E-state index in [1.54, 1.807) is 6.07 Å². The minimum absolute atomic E-state index is 0.0163. The van der Waals surface area contributed by atoms with Gasteiger partial charge in [0.05, 0.1) is 0 Å². The number of phenols is 2. The van der Waals surface area contributed by atoms with Crippen molar-refractivity contribution >= 4 is 0 Å². The van der Waals surface area contributed by atoms with Gasteiger partial charge in [0, 0.05) is 31.4 Å². The van der Waals surface area contributed by atoms with Crippen LogP contribution >= 0.6 is 0 Å². The molecule has 4 rings (SSSR count). The monoisotopic (exact) mass is 341 g/mol. The van der Waals surface area contributed by atoms with Crippen LogP contribution in [-0.2, 0) is 17.6 Å². The van der Waals surface area contributed by atoms with Crippen molar-refractivity contribution in [2.45, 2.75) is 32.7 Å². The zero-order chi connectivity index (χ0) is 18.0. The molecule has 2 aromatic rings. The highest BCUT2D eigenvalue weighted by Crippen LogP contribution is 2.49. The lowest BCUT2D eigenvalue weighted by Gasteiger charge is -2.39. The molecule has 0 spiro atoms. The van der Waals surface area contributed by atoms with E-state index in [0.717, 1.165) is 49.3 Å². The Bertz CT molecular complexity index is 755. The molecule has 0 bridgehead atoms. The Morgan fingerprint density at radius 3 is 2.52 bits per heavy atom. The van der Waals surface area contributed by atoms with E-state index in [4.69, 9.17) is 4.74 Å². The molecule has 0 aromatic heterocycles. The van der Waals surface area contributed by atoms with E-state index in [1.165, 1.54) is 11.1 Å². The molecule has 0 radical (unpaired) electrons. The SMILES string of the molecule is CCOCC.CN1CCc2cccc3c2[C@H]1Cc1ccc(O)c(O)c1-3. The van der Waals surface area contributed by atoms with Crippen LogP contribution in [0.1, 0.15) is 36.6 Å². The Hall–Kier alpha value is -2.04. The van der Waals surface area contributed by atoms with E-state index in [9.17, 15) is 10.2 Å². The number of phenolic OH excluding ortho intramolecular Hbond substituents is 2. The van der Waals surface area contributed by atoms with Crippen molar-refractivity contribution in [3.63, 3.8) is 0 Å². The van der Waals surface area contributed by atoms with Crippen LogP contribution in [0.2, 0.25) is 0 Å². The minimum atomic E-state index is -0.0380. The number of ether oxygens (including phenoxy) is 1. The largest absolute Gasteiger partial charge is 0.504 e. The van der Waals surface area contributed by atoms with Gasteiger partial charge in [-0.1, -0.05) is 24.3 Å². The second kappa shape index (κ2) is 7.46. The molecule has 0 unspecified atom stereocenters. The van der Waals surface area contributed by atoms with Crippen molar-refractivity contribution in [1.29, 1.82) is 0 Å². The van der Waals surface area contributed by atoms with E-state index in [-0.39, 0.29) is 11.5 Å². The molecule has 2 aliphatic rings. The molecule has 1 aliphatic heterocycles. The normalized spacial score (nSPS) is 18.0. The first-order valence-corrected chi connectivity index (χ1v) is 9.02. The quantitative estimate of drug-likeness (QED) is 0.814. The molecule has 134 valence electrons. The van der Waals surface area contributed by atoms with Gasteiger partial charge < -0.3 is 14.9 Å². The van der Waals surface area contributed by atoms with Gasteiger partial charge in [-0.05, 0) is 62.1 Å². The minimum Gasteiger partial charge on any atom is -0.504 e.